The minimum atomic E-state index is -0.0579. The Balaban J connectivity index is 2.41. The molecule has 0 saturated heterocycles. The van der Waals surface area contributed by atoms with Crippen molar-refractivity contribution in [2.24, 2.45) is 0 Å². The van der Waals surface area contributed by atoms with E-state index < -0.39 is 0 Å². The number of hydrogen-bond donors (Lipinski definition) is 1. The second-order valence-electron chi connectivity index (χ2n) is 5.21. The highest BCUT2D eigenvalue weighted by Crippen LogP contribution is 2.39. The lowest BCUT2D eigenvalue weighted by Gasteiger charge is -2.34. The van der Waals surface area contributed by atoms with Crippen molar-refractivity contribution in [3.63, 3.8) is 0 Å². The van der Waals surface area contributed by atoms with E-state index in [9.17, 15) is 0 Å². The van der Waals surface area contributed by atoms with Crippen LogP contribution in [-0.2, 0) is 5.41 Å². The first kappa shape index (κ1) is 14.4. The third-order valence-corrected chi connectivity index (χ3v) is 4.21. The second-order valence-corrected chi connectivity index (χ2v) is 6.07. The summed E-state index contributed by atoms with van der Waals surface area (Å²) in [5, 5.41) is 3.54. The maximum atomic E-state index is 5.68. The number of nitrogens with one attached hydrogen (secondary N) is 1. The van der Waals surface area contributed by atoms with E-state index in [1.807, 2.05) is 12.1 Å². The molecule has 0 bridgehead atoms. The molecule has 0 radical (unpaired) electrons. The molecule has 1 atom stereocenters. The van der Waals surface area contributed by atoms with E-state index in [2.05, 4.69) is 66.3 Å². The van der Waals surface area contributed by atoms with Crippen LogP contribution in [0.4, 0.5) is 0 Å². The number of benzene rings is 1. The fourth-order valence-electron chi connectivity index (χ4n) is 2.43. The van der Waals surface area contributed by atoms with Gasteiger partial charge in [-0.15, -0.1) is 0 Å². The first-order chi connectivity index (χ1) is 9.07. The van der Waals surface area contributed by atoms with Crippen molar-refractivity contribution in [1.29, 1.82) is 0 Å². The van der Waals surface area contributed by atoms with Crippen LogP contribution in [0.3, 0.4) is 0 Å². The molecule has 0 saturated carbocycles. The van der Waals surface area contributed by atoms with Crippen molar-refractivity contribution in [2.45, 2.75) is 32.2 Å². The second kappa shape index (κ2) is 5.93. The summed E-state index contributed by atoms with van der Waals surface area (Å²) in [4.78, 5) is 0. The van der Waals surface area contributed by atoms with E-state index in [0.29, 0.717) is 0 Å². The van der Waals surface area contributed by atoms with E-state index in [4.69, 9.17) is 4.42 Å². The highest BCUT2D eigenvalue weighted by Gasteiger charge is 2.35. The molecule has 19 heavy (non-hydrogen) atoms. The average molecular weight is 322 g/mol. The van der Waals surface area contributed by atoms with Crippen molar-refractivity contribution >= 4 is 15.9 Å². The van der Waals surface area contributed by atoms with E-state index in [1.165, 1.54) is 5.56 Å². The molecule has 0 aliphatic heterocycles. The Hall–Kier alpha value is -1.06. The lowest BCUT2D eigenvalue weighted by Crippen LogP contribution is -2.37. The largest absolute Gasteiger partial charge is 0.466 e. The molecular weight excluding hydrogens is 302 g/mol. The van der Waals surface area contributed by atoms with Crippen molar-refractivity contribution in [3.05, 3.63) is 58.5 Å². The van der Waals surface area contributed by atoms with Gasteiger partial charge < -0.3 is 9.73 Å². The molecule has 0 fully saturated rings. The smallest absolute Gasteiger partial charge is 0.135 e. The maximum Gasteiger partial charge on any atom is 0.135 e. The van der Waals surface area contributed by atoms with Crippen molar-refractivity contribution in [1.82, 2.24) is 5.32 Å². The average Bonchev–Trinajstić information content (AvgIpc) is 2.83. The summed E-state index contributed by atoms with van der Waals surface area (Å²) in [5.74, 6) is 0.954. The van der Waals surface area contributed by atoms with Gasteiger partial charge >= 0.3 is 0 Å². The van der Waals surface area contributed by atoms with Crippen LogP contribution < -0.4 is 5.32 Å². The number of hydrogen-bond acceptors (Lipinski definition) is 2. The van der Waals surface area contributed by atoms with E-state index in [-0.39, 0.29) is 11.5 Å². The summed E-state index contributed by atoms with van der Waals surface area (Å²) in [6.45, 7) is 7.49. The predicted octanol–water partition coefficient (Wildman–Crippen LogP) is 4.67. The van der Waals surface area contributed by atoms with Gasteiger partial charge in [0.25, 0.3) is 0 Å². The van der Waals surface area contributed by atoms with Gasteiger partial charge in [0.05, 0.1) is 16.8 Å². The Morgan fingerprint density at radius 1 is 1.21 bits per heavy atom. The normalized spacial score (nSPS) is 13.5. The predicted molar refractivity (Wildman–Crippen MR) is 82.3 cm³/mol. The van der Waals surface area contributed by atoms with E-state index in [1.54, 1.807) is 6.26 Å². The molecule has 0 aliphatic carbocycles. The van der Waals surface area contributed by atoms with Gasteiger partial charge in [0.1, 0.15) is 5.76 Å². The summed E-state index contributed by atoms with van der Waals surface area (Å²) in [5.41, 5.74) is 1.24. The van der Waals surface area contributed by atoms with Gasteiger partial charge in [-0.05, 0) is 34.1 Å². The van der Waals surface area contributed by atoms with Gasteiger partial charge in [0.2, 0.25) is 0 Å². The van der Waals surface area contributed by atoms with Crippen LogP contribution in [0.15, 0.2) is 51.6 Å². The summed E-state index contributed by atoms with van der Waals surface area (Å²) >= 11 is 3.57. The maximum absolute atomic E-state index is 5.68. The molecular formula is C16H20BrNO. The number of rotatable bonds is 5. The fourth-order valence-corrected chi connectivity index (χ4v) is 2.86. The first-order valence-corrected chi connectivity index (χ1v) is 7.38. The van der Waals surface area contributed by atoms with Gasteiger partial charge in [-0.3, -0.25) is 0 Å². The van der Waals surface area contributed by atoms with Crippen LogP contribution in [0, 0.1) is 0 Å². The zero-order valence-corrected chi connectivity index (χ0v) is 13.2. The fraction of sp³-hybridized carbons (Fsp3) is 0.375. The van der Waals surface area contributed by atoms with Gasteiger partial charge in [-0.1, -0.05) is 51.1 Å². The third kappa shape index (κ3) is 2.93. The Bertz CT molecular complexity index is 519. The molecule has 0 spiro atoms. The molecule has 3 heteroatoms. The van der Waals surface area contributed by atoms with Gasteiger partial charge in [0.15, 0.2) is 0 Å². The molecule has 102 valence electrons. The minimum absolute atomic E-state index is 0.0579. The molecule has 0 aliphatic rings. The summed E-state index contributed by atoms with van der Waals surface area (Å²) in [7, 11) is 0. The standard InChI is InChI=1S/C16H20BrNO/c1-4-18-15(14-13(17)10-11-19-14)16(2,3)12-8-6-5-7-9-12/h5-11,15,18H,4H2,1-3H3. The van der Waals surface area contributed by atoms with Crippen LogP contribution in [0.5, 0.6) is 0 Å². The van der Waals surface area contributed by atoms with E-state index in [0.717, 1.165) is 16.8 Å². The van der Waals surface area contributed by atoms with Crippen LogP contribution in [0.2, 0.25) is 0 Å². The molecule has 1 aromatic heterocycles. The van der Waals surface area contributed by atoms with Crippen LogP contribution in [0.25, 0.3) is 0 Å². The highest BCUT2D eigenvalue weighted by molar-refractivity contribution is 9.10. The Morgan fingerprint density at radius 3 is 2.42 bits per heavy atom. The lowest BCUT2D eigenvalue weighted by molar-refractivity contribution is 0.300. The van der Waals surface area contributed by atoms with Crippen molar-refractivity contribution in [2.75, 3.05) is 6.54 Å². The Morgan fingerprint density at radius 2 is 1.89 bits per heavy atom. The van der Waals surface area contributed by atoms with Gasteiger partial charge in [0, 0.05) is 5.41 Å². The Labute approximate surface area is 123 Å². The van der Waals surface area contributed by atoms with Crippen LogP contribution in [-0.4, -0.2) is 6.54 Å². The van der Waals surface area contributed by atoms with Crippen LogP contribution in [0.1, 0.15) is 38.1 Å². The van der Waals surface area contributed by atoms with Gasteiger partial charge in [-0.2, -0.15) is 0 Å². The number of furan rings is 1. The highest BCUT2D eigenvalue weighted by atomic mass is 79.9. The summed E-state index contributed by atoms with van der Waals surface area (Å²) in [6, 6.07) is 12.6. The SMILES string of the molecule is CCNC(c1occc1Br)C(C)(C)c1ccccc1. The molecule has 1 aromatic carbocycles. The summed E-state index contributed by atoms with van der Waals surface area (Å²) < 4.78 is 6.69. The molecule has 1 N–H and O–H groups in total. The van der Waals surface area contributed by atoms with E-state index >= 15 is 0 Å². The van der Waals surface area contributed by atoms with Crippen LogP contribution >= 0.6 is 15.9 Å². The molecule has 1 unspecified atom stereocenters. The van der Waals surface area contributed by atoms with Gasteiger partial charge in [-0.25, -0.2) is 0 Å². The molecule has 1 heterocycles. The topological polar surface area (TPSA) is 25.2 Å². The molecule has 2 aromatic rings. The Kier molecular flexibility index (Phi) is 4.48. The first-order valence-electron chi connectivity index (χ1n) is 6.59. The summed E-state index contributed by atoms with van der Waals surface area (Å²) in [6.07, 6.45) is 1.73. The molecule has 0 amide bonds. The molecule has 2 rings (SSSR count). The minimum Gasteiger partial charge on any atom is -0.466 e. The quantitative estimate of drug-likeness (QED) is 0.865. The monoisotopic (exact) mass is 321 g/mol. The lowest BCUT2D eigenvalue weighted by atomic mass is 9.76. The van der Waals surface area contributed by atoms with Crippen molar-refractivity contribution in [3.8, 4) is 0 Å². The molecule has 2 nitrogen and oxygen atoms in total. The number of halogens is 1. The third-order valence-electron chi connectivity index (χ3n) is 3.55. The zero-order chi connectivity index (χ0) is 13.9. The van der Waals surface area contributed by atoms with Crippen molar-refractivity contribution < 1.29 is 4.42 Å². The number of likely N-dealkylation sites (N-methyl/N-ethyl adjacent to an activating group) is 1. The zero-order valence-electron chi connectivity index (χ0n) is 11.6.